The van der Waals surface area contributed by atoms with Gasteiger partial charge in [0.2, 0.25) is 5.79 Å². The van der Waals surface area contributed by atoms with Gasteiger partial charge in [-0.25, -0.2) is 9.18 Å². The molecule has 15 atom stereocenters. The number of allylic oxidation sites excluding steroid dienone is 4. The molecular weight excluding hydrogens is 864 g/mol. The molecule has 2 bridgehead atoms. The van der Waals surface area contributed by atoms with Crippen LogP contribution >= 0.6 is 0 Å². The van der Waals surface area contributed by atoms with Gasteiger partial charge < -0.3 is 49.6 Å². The standard InChI is InChI=1S/C52H75FN2O12/c1-9-13-37-25-30(2)46(53)31(3)26-44(63-7)48-45(64-8)27-33(5)52(62,67-48)49(59)50(60)55-22-11-10-15-40(55)51(61)66-47(34(6)41(57)29-42(37)58)32(4)24-36-18-21-39(54)43(28-36)65-23-12-14-35-16-19-38(56)20-17-35/h9,12,14,16-17,19-20,24-25,31,33-34,36-37,39-41,43-48,56-57,62H,1,10-11,13,15,18,21-23,26-29,54H2,2-8H3/b14-12?,30-25+,32-24?. The fourth-order valence-corrected chi connectivity index (χ4v) is 10.3. The molecule has 3 heterocycles. The molecule has 4 aliphatic rings. The van der Waals surface area contributed by atoms with Crippen molar-refractivity contribution < 1.29 is 62.6 Å². The second kappa shape index (κ2) is 24.5. The number of benzene rings is 1. The molecule has 2 saturated heterocycles. The van der Waals surface area contributed by atoms with E-state index in [1.165, 1.54) is 14.2 Å². The monoisotopic (exact) mass is 939 g/mol. The Labute approximate surface area is 395 Å². The number of rotatable bonds is 10. The smallest absolute Gasteiger partial charge is 0.329 e. The Hall–Kier alpha value is -4.09. The number of phenolic OH excluding ortho intramolecular Hbond substituents is 1. The maximum atomic E-state index is 16.4. The van der Waals surface area contributed by atoms with Gasteiger partial charge in [-0.3, -0.25) is 14.4 Å². The number of aromatic hydroxyl groups is 1. The minimum Gasteiger partial charge on any atom is -0.508 e. The number of carbonyl (C=O) groups excluding carboxylic acids is 4. The molecule has 1 aliphatic carbocycles. The Morgan fingerprint density at radius 1 is 1.00 bits per heavy atom. The lowest BCUT2D eigenvalue weighted by Gasteiger charge is -2.47. The molecule has 372 valence electrons. The van der Waals surface area contributed by atoms with E-state index in [1.807, 2.05) is 18.2 Å². The number of carbonyl (C=O) groups is 4. The minimum absolute atomic E-state index is 0.0338. The lowest BCUT2D eigenvalue weighted by atomic mass is 9.81. The fourth-order valence-electron chi connectivity index (χ4n) is 10.3. The maximum absolute atomic E-state index is 16.4. The summed E-state index contributed by atoms with van der Waals surface area (Å²) in [5.41, 5.74) is 8.34. The van der Waals surface area contributed by atoms with E-state index in [2.05, 4.69) is 6.58 Å². The number of methoxy groups -OCH3 is 2. The Kier molecular flexibility index (Phi) is 19.7. The Balaban J connectivity index is 1.49. The van der Waals surface area contributed by atoms with E-state index in [-0.39, 0.29) is 68.2 Å². The normalized spacial score (nSPS) is 37.8. The first-order valence-corrected chi connectivity index (χ1v) is 24.0. The topological polar surface area (TPSA) is 204 Å². The highest BCUT2D eigenvalue weighted by Gasteiger charge is 2.57. The first-order chi connectivity index (χ1) is 31.8. The number of amides is 1. The van der Waals surface area contributed by atoms with E-state index in [4.69, 9.17) is 29.4 Å². The molecular formula is C52H75FN2O12. The van der Waals surface area contributed by atoms with Crippen LogP contribution < -0.4 is 5.73 Å². The Morgan fingerprint density at radius 2 is 1.69 bits per heavy atom. The van der Waals surface area contributed by atoms with Crippen LogP contribution in [0, 0.1) is 29.6 Å². The number of aliphatic hydroxyl groups is 2. The van der Waals surface area contributed by atoms with Crippen molar-refractivity contribution in [1.82, 2.24) is 4.90 Å². The third-order valence-corrected chi connectivity index (χ3v) is 14.5. The molecule has 15 heteroatoms. The van der Waals surface area contributed by atoms with E-state index in [1.54, 1.807) is 71.0 Å². The molecule has 3 fully saturated rings. The van der Waals surface area contributed by atoms with Crippen LogP contribution in [0.3, 0.4) is 0 Å². The van der Waals surface area contributed by atoms with Crippen LogP contribution in [-0.4, -0.2) is 132 Å². The third kappa shape index (κ3) is 13.4. The number of phenols is 1. The van der Waals surface area contributed by atoms with Crippen molar-refractivity contribution in [2.24, 2.45) is 35.3 Å². The molecule has 1 aromatic carbocycles. The van der Waals surface area contributed by atoms with Crippen molar-refractivity contribution in [3.05, 3.63) is 71.9 Å². The highest BCUT2D eigenvalue weighted by Crippen LogP contribution is 2.40. The van der Waals surface area contributed by atoms with E-state index in [9.17, 15) is 34.5 Å². The summed E-state index contributed by atoms with van der Waals surface area (Å²) in [6.07, 6.45) is 5.21. The summed E-state index contributed by atoms with van der Waals surface area (Å²) in [6, 6.07) is 5.39. The SMILES string of the molecule is C=CCC1/C=C(\C)C(F)C(C)CC(OC)C2OC(O)(C(=O)C(=O)N3CCCCC3C(=O)OC(C(C)=CC3CCC(N)C(OCC=Cc4ccc(O)cc4)C3)C(C)C(O)CC1=O)C(C)CC2OC. The van der Waals surface area contributed by atoms with Gasteiger partial charge >= 0.3 is 5.97 Å². The van der Waals surface area contributed by atoms with Crippen molar-refractivity contribution in [1.29, 1.82) is 0 Å². The number of hydrogen-bond donors (Lipinski definition) is 4. The number of Topliss-reactive ketones (excluding diaryl/α,β-unsaturated/α-hetero) is 2. The number of esters is 1. The van der Waals surface area contributed by atoms with Gasteiger partial charge in [0.15, 0.2) is 0 Å². The number of halogens is 1. The van der Waals surface area contributed by atoms with Crippen molar-refractivity contribution in [3.8, 4) is 5.75 Å². The number of nitrogens with two attached hydrogens (primary N) is 1. The molecule has 1 saturated carbocycles. The van der Waals surface area contributed by atoms with Crippen LogP contribution in [0.5, 0.6) is 5.75 Å². The molecule has 5 N–H and O–H groups in total. The van der Waals surface area contributed by atoms with E-state index >= 15 is 4.39 Å². The van der Waals surface area contributed by atoms with Crippen molar-refractivity contribution in [2.45, 2.75) is 159 Å². The van der Waals surface area contributed by atoms with Gasteiger partial charge in [0.05, 0.1) is 31.0 Å². The van der Waals surface area contributed by atoms with E-state index in [0.29, 0.717) is 49.9 Å². The summed E-state index contributed by atoms with van der Waals surface area (Å²) in [4.78, 5) is 58.4. The first-order valence-electron chi connectivity index (χ1n) is 24.0. The Bertz CT molecular complexity index is 1960. The summed E-state index contributed by atoms with van der Waals surface area (Å²) < 4.78 is 46.7. The van der Waals surface area contributed by atoms with Crippen LogP contribution in [0.15, 0.2) is 66.3 Å². The average Bonchev–Trinajstić information content (AvgIpc) is 3.31. The predicted octanol–water partition coefficient (Wildman–Crippen LogP) is 6.34. The quantitative estimate of drug-likeness (QED) is 0.115. The number of nitrogens with zero attached hydrogens (tertiary/aromatic N) is 1. The lowest BCUT2D eigenvalue weighted by molar-refractivity contribution is -0.302. The van der Waals surface area contributed by atoms with Gasteiger partial charge in [0.25, 0.3) is 11.7 Å². The molecule has 5 rings (SSSR count). The summed E-state index contributed by atoms with van der Waals surface area (Å²) in [7, 11) is 2.87. The Morgan fingerprint density at radius 3 is 2.36 bits per heavy atom. The summed E-state index contributed by atoms with van der Waals surface area (Å²) in [5, 5.41) is 33.5. The van der Waals surface area contributed by atoms with Gasteiger partial charge in [-0.15, -0.1) is 6.58 Å². The number of piperidine rings is 1. The molecule has 67 heavy (non-hydrogen) atoms. The van der Waals surface area contributed by atoms with Gasteiger partial charge in [0, 0.05) is 51.0 Å². The zero-order valence-corrected chi connectivity index (χ0v) is 40.4. The van der Waals surface area contributed by atoms with Crippen LogP contribution in [0.25, 0.3) is 6.08 Å². The number of aliphatic hydroxyl groups excluding tert-OH is 1. The predicted molar refractivity (Wildman–Crippen MR) is 251 cm³/mol. The zero-order valence-electron chi connectivity index (χ0n) is 40.4. The second-order valence-electron chi connectivity index (χ2n) is 19.4. The number of fused-ring (bicyclic) bond motifs is 3. The molecule has 1 amide bonds. The molecule has 3 aliphatic heterocycles. The van der Waals surface area contributed by atoms with Crippen molar-refractivity contribution in [3.63, 3.8) is 0 Å². The average molecular weight is 939 g/mol. The third-order valence-electron chi connectivity index (χ3n) is 14.5. The summed E-state index contributed by atoms with van der Waals surface area (Å²) in [5.74, 6) is -9.27. The van der Waals surface area contributed by atoms with E-state index < -0.39 is 89.9 Å². The number of hydrogen-bond acceptors (Lipinski definition) is 13. The van der Waals surface area contributed by atoms with E-state index in [0.717, 1.165) is 10.5 Å². The maximum Gasteiger partial charge on any atom is 0.329 e. The molecule has 0 radical (unpaired) electrons. The van der Waals surface area contributed by atoms with Crippen molar-refractivity contribution >= 4 is 29.5 Å². The minimum atomic E-state index is -2.63. The number of ether oxygens (including phenoxy) is 5. The summed E-state index contributed by atoms with van der Waals surface area (Å²) in [6.45, 7) is 12.5. The number of cyclic esters (lactones) is 1. The fraction of sp³-hybridized carbons (Fsp3) is 0.654. The van der Waals surface area contributed by atoms with Crippen LogP contribution in [-0.2, 0) is 42.9 Å². The second-order valence-corrected chi connectivity index (χ2v) is 19.4. The molecule has 0 aromatic heterocycles. The first kappa shape index (κ1) is 53.9. The highest BCUT2D eigenvalue weighted by atomic mass is 19.1. The number of alkyl halides is 1. The summed E-state index contributed by atoms with van der Waals surface area (Å²) >= 11 is 0. The van der Waals surface area contributed by atoms with Gasteiger partial charge in [-0.2, -0.15) is 0 Å². The molecule has 14 nitrogen and oxygen atoms in total. The molecule has 0 spiro atoms. The lowest BCUT2D eigenvalue weighted by Crippen LogP contribution is -2.64. The van der Waals surface area contributed by atoms with Crippen LogP contribution in [0.2, 0.25) is 0 Å². The van der Waals surface area contributed by atoms with Crippen LogP contribution in [0.1, 0.15) is 104 Å². The van der Waals surface area contributed by atoms with Crippen molar-refractivity contribution in [2.75, 3.05) is 27.4 Å². The van der Waals surface area contributed by atoms with Crippen LogP contribution in [0.4, 0.5) is 4.39 Å². The van der Waals surface area contributed by atoms with Gasteiger partial charge in [0.1, 0.15) is 36.0 Å². The van der Waals surface area contributed by atoms with Gasteiger partial charge in [-0.1, -0.05) is 63.3 Å². The highest BCUT2D eigenvalue weighted by molar-refractivity contribution is 6.39. The molecule has 15 unspecified atom stereocenters. The largest absolute Gasteiger partial charge is 0.508 e. The van der Waals surface area contributed by atoms with Gasteiger partial charge in [-0.05, 0) is 112 Å². The number of ketones is 2. The molecule has 1 aromatic rings. The zero-order chi connectivity index (χ0) is 49.2.